The van der Waals surface area contributed by atoms with Gasteiger partial charge in [-0.3, -0.25) is 4.98 Å². The van der Waals surface area contributed by atoms with Gasteiger partial charge in [0, 0.05) is 37.4 Å². The molecule has 3 heterocycles. The van der Waals surface area contributed by atoms with Crippen LogP contribution in [0.2, 0.25) is 13.1 Å². The zero-order valence-electron chi connectivity index (χ0n) is 36.0. The van der Waals surface area contributed by atoms with Gasteiger partial charge in [-0.1, -0.05) is 159 Å². The molecule has 10 rings (SSSR count). The molecule has 7 aromatic carbocycles. The van der Waals surface area contributed by atoms with E-state index in [-0.39, 0.29) is 31.9 Å². The Bertz CT molecular complexity index is 3040. The molecule has 62 heavy (non-hydrogen) atoms. The molecule has 0 bridgehead atoms. The number of nitrogens with zero attached hydrogens (tertiary/aromatic N) is 3. The summed E-state index contributed by atoms with van der Waals surface area (Å²) in [5, 5.41) is 4.96. The van der Waals surface area contributed by atoms with Gasteiger partial charge >= 0.3 is 0 Å². The predicted octanol–water partition coefficient (Wildman–Crippen LogP) is 13.7. The molecule has 0 saturated heterocycles. The molecule has 3 aromatic heterocycles. The number of furan rings is 1. The van der Waals surface area contributed by atoms with Crippen molar-refractivity contribution in [2.45, 2.75) is 52.6 Å². The molecule has 1 radical (unpaired) electrons. The van der Waals surface area contributed by atoms with Gasteiger partial charge in [-0.05, 0) is 76.2 Å². The number of hydrogen-bond donors (Lipinski definition) is 0. The summed E-state index contributed by atoms with van der Waals surface area (Å²) >= 11 is 0. The van der Waals surface area contributed by atoms with Gasteiger partial charge in [-0.2, -0.15) is 0 Å². The molecule has 4 nitrogen and oxygen atoms in total. The zero-order chi connectivity index (χ0) is 42.1. The fourth-order valence-electron chi connectivity index (χ4n) is 8.43. The van der Waals surface area contributed by atoms with Crippen LogP contribution in [-0.2, 0) is 20.1 Å². The standard InChI is InChI=1S/C45H41N2OSi.C11H8N.Ir/c1-29(2)38-26-32(31-16-9-7-10-17-31)27-39(30(3)4)43(38)47-41-23-14-13-22-40(41)46-45(47)37-21-15-20-36-35-25-24-34(28-42(35)48-44(36)37)49(5,6)33-18-11-8-12-19-33;1-2-6-10(7-3-1)11-8-4-5-9-12-11;/h7-20,22-30H,1-6H3;1-6,8-9H;/q2*-1;. The minimum Gasteiger partial charge on any atom is -0.501 e. The molecular weight excluding hydrogens is 951 g/mol. The number of pyridine rings is 1. The first kappa shape index (κ1) is 42.5. The summed E-state index contributed by atoms with van der Waals surface area (Å²) < 4.78 is 9.25. The van der Waals surface area contributed by atoms with E-state index in [2.05, 4.69) is 184 Å². The molecule has 0 unspecified atom stereocenters. The van der Waals surface area contributed by atoms with Crippen molar-refractivity contribution in [1.82, 2.24) is 14.5 Å². The van der Waals surface area contributed by atoms with Crippen LogP contribution in [0.25, 0.3) is 72.4 Å². The molecule has 10 aromatic rings. The van der Waals surface area contributed by atoms with Gasteiger partial charge in [0.1, 0.15) is 13.7 Å². The van der Waals surface area contributed by atoms with E-state index in [0.29, 0.717) is 0 Å². The first-order valence-corrected chi connectivity index (χ1v) is 24.2. The minimum atomic E-state index is -1.92. The summed E-state index contributed by atoms with van der Waals surface area (Å²) in [4.78, 5) is 9.55. The Kier molecular flexibility index (Phi) is 12.4. The summed E-state index contributed by atoms with van der Waals surface area (Å²) in [7, 11) is -1.92. The Labute approximate surface area is 379 Å². The van der Waals surface area contributed by atoms with Crippen LogP contribution in [0.1, 0.15) is 50.7 Å². The summed E-state index contributed by atoms with van der Waals surface area (Å²) in [6, 6.07) is 66.2. The third-order valence-electron chi connectivity index (χ3n) is 11.8. The molecule has 0 atom stereocenters. The van der Waals surface area contributed by atoms with E-state index in [1.54, 1.807) is 6.20 Å². The van der Waals surface area contributed by atoms with Gasteiger partial charge in [0.25, 0.3) is 0 Å². The van der Waals surface area contributed by atoms with Crippen molar-refractivity contribution in [3.63, 3.8) is 0 Å². The van der Waals surface area contributed by atoms with Gasteiger partial charge in [0.2, 0.25) is 0 Å². The Hall–Kier alpha value is -6.17. The summed E-state index contributed by atoms with van der Waals surface area (Å²) in [5.41, 5.74) is 12.9. The van der Waals surface area contributed by atoms with E-state index in [4.69, 9.17) is 9.40 Å². The molecular formula is C56H49IrN3OSi-2. The van der Waals surface area contributed by atoms with E-state index >= 15 is 0 Å². The summed E-state index contributed by atoms with van der Waals surface area (Å²) in [6.45, 7) is 14.0. The Balaban J connectivity index is 0.000000350. The molecule has 0 aliphatic rings. The van der Waals surface area contributed by atoms with Gasteiger partial charge in [-0.25, -0.2) is 0 Å². The molecule has 6 heteroatoms. The largest absolute Gasteiger partial charge is 0.501 e. The zero-order valence-corrected chi connectivity index (χ0v) is 39.4. The van der Waals surface area contributed by atoms with Crippen molar-refractivity contribution < 1.29 is 24.5 Å². The maximum Gasteiger partial charge on any atom is 0.120 e. The van der Waals surface area contributed by atoms with E-state index in [1.807, 2.05) is 48.5 Å². The maximum atomic E-state index is 6.87. The van der Waals surface area contributed by atoms with E-state index < -0.39 is 8.07 Å². The van der Waals surface area contributed by atoms with Crippen LogP contribution in [-0.4, -0.2) is 22.6 Å². The van der Waals surface area contributed by atoms with Crippen LogP contribution >= 0.6 is 0 Å². The number of aromatic nitrogens is 3. The molecule has 309 valence electrons. The van der Waals surface area contributed by atoms with Gasteiger partial charge < -0.3 is 14.0 Å². The summed E-state index contributed by atoms with van der Waals surface area (Å²) in [6.07, 6.45) is 1.79. The average molecular weight is 1000 g/mol. The minimum absolute atomic E-state index is 0. The van der Waals surface area contributed by atoms with Crippen LogP contribution in [0.4, 0.5) is 0 Å². The van der Waals surface area contributed by atoms with Crippen LogP contribution in [0, 0.1) is 12.1 Å². The number of para-hydroxylation sites is 2. The third kappa shape index (κ3) is 8.14. The monoisotopic (exact) mass is 1000 g/mol. The Morgan fingerprint density at radius 1 is 0.597 bits per heavy atom. The van der Waals surface area contributed by atoms with Crippen molar-refractivity contribution in [3.05, 3.63) is 199 Å². The van der Waals surface area contributed by atoms with Crippen molar-refractivity contribution in [3.8, 4) is 39.5 Å². The van der Waals surface area contributed by atoms with Gasteiger partial charge in [-0.15, -0.1) is 54.1 Å². The smallest absolute Gasteiger partial charge is 0.120 e. The van der Waals surface area contributed by atoms with Gasteiger partial charge in [0.05, 0.1) is 22.4 Å². The van der Waals surface area contributed by atoms with Crippen molar-refractivity contribution in [1.29, 1.82) is 0 Å². The molecule has 0 aliphatic heterocycles. The van der Waals surface area contributed by atoms with Crippen LogP contribution in [0.3, 0.4) is 0 Å². The Morgan fingerprint density at radius 3 is 1.95 bits per heavy atom. The molecule has 0 spiro atoms. The topological polar surface area (TPSA) is 43.9 Å². The number of benzene rings is 7. The third-order valence-corrected chi connectivity index (χ3v) is 15.4. The van der Waals surface area contributed by atoms with E-state index in [0.717, 1.165) is 55.6 Å². The number of rotatable bonds is 8. The van der Waals surface area contributed by atoms with Crippen molar-refractivity contribution in [2.24, 2.45) is 0 Å². The molecule has 0 aliphatic carbocycles. The van der Waals surface area contributed by atoms with Gasteiger partial charge in [0.15, 0.2) is 0 Å². The number of fused-ring (bicyclic) bond motifs is 4. The van der Waals surface area contributed by atoms with Crippen LogP contribution in [0.5, 0.6) is 0 Å². The van der Waals surface area contributed by atoms with Crippen LogP contribution in [0.15, 0.2) is 180 Å². The van der Waals surface area contributed by atoms with E-state index in [1.165, 1.54) is 38.3 Å². The normalized spacial score (nSPS) is 11.5. The maximum absolute atomic E-state index is 6.87. The molecule has 0 N–H and O–H groups in total. The van der Waals surface area contributed by atoms with Crippen molar-refractivity contribution in [2.75, 3.05) is 0 Å². The first-order chi connectivity index (χ1) is 29.7. The van der Waals surface area contributed by atoms with Crippen LogP contribution < -0.4 is 10.4 Å². The fourth-order valence-corrected chi connectivity index (χ4v) is 10.8. The quantitative estimate of drug-likeness (QED) is 0.113. The average Bonchev–Trinajstić information content (AvgIpc) is 3.88. The second kappa shape index (κ2) is 18.0. The Morgan fingerprint density at radius 2 is 1.27 bits per heavy atom. The van der Waals surface area contributed by atoms with E-state index in [9.17, 15) is 0 Å². The number of imidazole rings is 1. The SMILES string of the molecule is CC(C)c1cc(-c2ccccc2)cc(C(C)C)c1-n1c(-c2[c-]ccc3c2oc2cc([Si](C)(C)c4ccccc4)ccc23)nc2ccccc21.[Ir].[c-]1ccccc1-c1ccccn1. The molecule has 0 fully saturated rings. The second-order valence-electron chi connectivity index (χ2n) is 16.8. The summed E-state index contributed by atoms with van der Waals surface area (Å²) in [5.74, 6) is 1.42. The first-order valence-electron chi connectivity index (χ1n) is 21.2. The number of hydrogen-bond acceptors (Lipinski definition) is 3. The fraction of sp³-hybridized carbons (Fsp3) is 0.143. The second-order valence-corrected chi connectivity index (χ2v) is 21.2. The molecule has 0 saturated carbocycles. The molecule has 0 amide bonds. The predicted molar refractivity (Wildman–Crippen MR) is 258 cm³/mol. The van der Waals surface area contributed by atoms with Crippen molar-refractivity contribution >= 4 is 51.4 Å².